The maximum atomic E-state index is 11.2. The molecule has 11 heavy (non-hydrogen) atoms. The molecule has 0 aliphatic heterocycles. The molecule has 4 heteroatoms. The summed E-state index contributed by atoms with van der Waals surface area (Å²) in [6.07, 6.45) is 1.54. The van der Waals surface area contributed by atoms with Crippen LogP contribution in [0.2, 0.25) is 0 Å². The van der Waals surface area contributed by atoms with Crippen molar-refractivity contribution < 1.29 is 8.42 Å². The van der Waals surface area contributed by atoms with Crippen molar-refractivity contribution in [2.75, 3.05) is 13.1 Å². The highest BCUT2D eigenvalue weighted by atomic mass is 32.2. The van der Waals surface area contributed by atoms with Gasteiger partial charge in [-0.3, -0.25) is 0 Å². The molecule has 0 N–H and O–H groups in total. The van der Waals surface area contributed by atoms with Crippen LogP contribution < -0.4 is 0 Å². The summed E-state index contributed by atoms with van der Waals surface area (Å²) in [5.41, 5.74) is 0. The third kappa shape index (κ3) is 3.03. The molecule has 0 aliphatic rings. The van der Waals surface area contributed by atoms with Crippen LogP contribution in [-0.4, -0.2) is 25.8 Å². The van der Waals surface area contributed by atoms with Gasteiger partial charge in [0.05, 0.1) is 0 Å². The van der Waals surface area contributed by atoms with E-state index in [4.69, 9.17) is 0 Å². The van der Waals surface area contributed by atoms with Gasteiger partial charge in [0.15, 0.2) is 0 Å². The first-order valence-corrected chi connectivity index (χ1v) is 5.21. The summed E-state index contributed by atoms with van der Waals surface area (Å²) in [5, 5.41) is 1.22. The second-order valence-electron chi connectivity index (χ2n) is 2.10. The third-order valence-corrected chi connectivity index (χ3v) is 3.23. The molecule has 0 atom stereocenters. The number of nitrogens with zero attached hydrogens (tertiary/aromatic N) is 1. The van der Waals surface area contributed by atoms with E-state index < -0.39 is 10.0 Å². The Balaban J connectivity index is 4.52. The fourth-order valence-corrected chi connectivity index (χ4v) is 2.08. The summed E-state index contributed by atoms with van der Waals surface area (Å²) in [6.45, 7) is 6.41. The normalized spacial score (nSPS) is 13.1. The van der Waals surface area contributed by atoms with Crippen LogP contribution in [0.1, 0.15) is 20.8 Å². The third-order valence-electron chi connectivity index (χ3n) is 1.37. The highest BCUT2D eigenvalue weighted by molar-refractivity contribution is 7.92. The Morgan fingerprint density at radius 2 is 1.73 bits per heavy atom. The fraction of sp³-hybridized carbons (Fsp3) is 0.714. The van der Waals surface area contributed by atoms with Crippen molar-refractivity contribution in [3.05, 3.63) is 11.5 Å². The smallest absolute Gasteiger partial charge is 0.208 e. The lowest BCUT2D eigenvalue weighted by Crippen LogP contribution is -2.28. The first-order chi connectivity index (χ1) is 5.08. The number of rotatable bonds is 4. The highest BCUT2D eigenvalue weighted by Crippen LogP contribution is 2.01. The number of hydrogen-bond acceptors (Lipinski definition) is 2. The maximum Gasteiger partial charge on any atom is 0.235 e. The van der Waals surface area contributed by atoms with E-state index in [0.717, 1.165) is 0 Å². The minimum Gasteiger partial charge on any atom is -0.208 e. The van der Waals surface area contributed by atoms with Gasteiger partial charge in [-0.1, -0.05) is 19.9 Å². The van der Waals surface area contributed by atoms with E-state index >= 15 is 0 Å². The van der Waals surface area contributed by atoms with Crippen molar-refractivity contribution in [3.8, 4) is 0 Å². The minimum atomic E-state index is -3.12. The van der Waals surface area contributed by atoms with Gasteiger partial charge in [0.1, 0.15) is 0 Å². The molecule has 66 valence electrons. The first-order valence-electron chi connectivity index (χ1n) is 3.71. The second kappa shape index (κ2) is 4.51. The lowest BCUT2D eigenvalue weighted by molar-refractivity contribution is 0.453. The van der Waals surface area contributed by atoms with Gasteiger partial charge in [0.25, 0.3) is 0 Å². The van der Waals surface area contributed by atoms with Gasteiger partial charge in [0.2, 0.25) is 10.0 Å². The van der Waals surface area contributed by atoms with Gasteiger partial charge < -0.3 is 0 Å². The molecule has 0 aliphatic carbocycles. The molecule has 0 heterocycles. The van der Waals surface area contributed by atoms with Crippen molar-refractivity contribution in [1.29, 1.82) is 0 Å². The predicted molar refractivity (Wildman–Crippen MR) is 46.7 cm³/mol. The summed E-state index contributed by atoms with van der Waals surface area (Å²) >= 11 is 0. The van der Waals surface area contributed by atoms with Crippen molar-refractivity contribution in [1.82, 2.24) is 4.31 Å². The fourth-order valence-electron chi connectivity index (χ4n) is 0.842. The Kier molecular flexibility index (Phi) is 4.37. The Morgan fingerprint density at radius 1 is 1.27 bits per heavy atom. The Morgan fingerprint density at radius 3 is 2.00 bits per heavy atom. The second-order valence-corrected chi connectivity index (χ2v) is 3.92. The molecular formula is C7H15NO2S. The van der Waals surface area contributed by atoms with Gasteiger partial charge in [-0.2, -0.15) is 4.31 Å². The monoisotopic (exact) mass is 177 g/mol. The summed E-state index contributed by atoms with van der Waals surface area (Å²) in [4.78, 5) is 0. The molecule has 0 saturated carbocycles. The quantitative estimate of drug-likeness (QED) is 0.647. The van der Waals surface area contributed by atoms with Crippen LogP contribution in [0.3, 0.4) is 0 Å². The zero-order valence-electron chi connectivity index (χ0n) is 7.24. The van der Waals surface area contributed by atoms with Gasteiger partial charge in [-0.05, 0) is 6.92 Å². The van der Waals surface area contributed by atoms with Crippen molar-refractivity contribution >= 4 is 10.0 Å². The molecule has 0 aromatic rings. The Hall–Kier alpha value is -0.350. The van der Waals surface area contributed by atoms with Crippen LogP contribution in [0.5, 0.6) is 0 Å². The van der Waals surface area contributed by atoms with E-state index in [9.17, 15) is 8.42 Å². The molecule has 0 bridgehead atoms. The molecule has 0 rings (SSSR count). The lowest BCUT2D eigenvalue weighted by atomic mass is 10.7. The van der Waals surface area contributed by atoms with E-state index in [2.05, 4.69) is 0 Å². The van der Waals surface area contributed by atoms with Crippen LogP contribution in [0.25, 0.3) is 0 Å². The summed E-state index contributed by atoms with van der Waals surface area (Å²) < 4.78 is 23.9. The maximum absolute atomic E-state index is 11.2. The van der Waals surface area contributed by atoms with Crippen LogP contribution in [-0.2, 0) is 10.0 Å². The SMILES string of the molecule is CC=CS(=O)(=O)N(CC)CC. The standard InChI is InChI=1S/C7H15NO2S/c1-4-7-11(9,10)8(5-2)6-3/h4,7H,5-6H2,1-3H3. The molecule has 0 aromatic heterocycles. The van der Waals surface area contributed by atoms with E-state index in [1.165, 1.54) is 15.8 Å². The van der Waals surface area contributed by atoms with Gasteiger partial charge in [0, 0.05) is 18.5 Å². The van der Waals surface area contributed by atoms with Gasteiger partial charge in [-0.15, -0.1) is 0 Å². The summed E-state index contributed by atoms with van der Waals surface area (Å²) in [5.74, 6) is 0. The highest BCUT2D eigenvalue weighted by Gasteiger charge is 2.13. The Bertz CT molecular complexity index is 215. The van der Waals surface area contributed by atoms with Crippen molar-refractivity contribution in [3.63, 3.8) is 0 Å². The molecule has 0 unspecified atom stereocenters. The molecule has 0 fully saturated rings. The van der Waals surface area contributed by atoms with E-state index in [1.54, 1.807) is 6.92 Å². The molecule has 0 spiro atoms. The van der Waals surface area contributed by atoms with Crippen LogP contribution in [0, 0.1) is 0 Å². The van der Waals surface area contributed by atoms with Crippen LogP contribution >= 0.6 is 0 Å². The van der Waals surface area contributed by atoms with Gasteiger partial charge >= 0.3 is 0 Å². The Labute approximate surface area is 68.8 Å². The first kappa shape index (κ1) is 10.7. The molecule has 3 nitrogen and oxygen atoms in total. The molecule has 0 saturated heterocycles. The van der Waals surface area contributed by atoms with Crippen LogP contribution in [0.4, 0.5) is 0 Å². The minimum absolute atomic E-state index is 0.531. The van der Waals surface area contributed by atoms with Crippen LogP contribution in [0.15, 0.2) is 11.5 Å². The van der Waals surface area contributed by atoms with E-state index in [0.29, 0.717) is 13.1 Å². The topological polar surface area (TPSA) is 37.4 Å². The van der Waals surface area contributed by atoms with E-state index in [-0.39, 0.29) is 0 Å². The molecule has 0 radical (unpaired) electrons. The number of allylic oxidation sites excluding steroid dienone is 1. The average Bonchev–Trinajstić information content (AvgIpc) is 1.89. The number of sulfonamides is 1. The molecule has 0 amide bonds. The molecular weight excluding hydrogens is 162 g/mol. The summed E-state index contributed by atoms with van der Waals surface area (Å²) in [7, 11) is -3.12. The van der Waals surface area contributed by atoms with Crippen molar-refractivity contribution in [2.45, 2.75) is 20.8 Å². The zero-order chi connectivity index (χ0) is 8.91. The lowest BCUT2D eigenvalue weighted by Gasteiger charge is -2.14. The van der Waals surface area contributed by atoms with Crippen molar-refractivity contribution in [2.24, 2.45) is 0 Å². The predicted octanol–water partition coefficient (Wildman–Crippen LogP) is 1.19. The summed E-state index contributed by atoms with van der Waals surface area (Å²) in [6, 6.07) is 0. The van der Waals surface area contributed by atoms with E-state index in [1.807, 2.05) is 13.8 Å². The molecule has 0 aromatic carbocycles. The van der Waals surface area contributed by atoms with Gasteiger partial charge in [-0.25, -0.2) is 8.42 Å². The number of hydrogen-bond donors (Lipinski definition) is 0. The zero-order valence-corrected chi connectivity index (χ0v) is 8.06. The largest absolute Gasteiger partial charge is 0.235 e. The average molecular weight is 177 g/mol.